The van der Waals surface area contributed by atoms with Gasteiger partial charge in [-0.05, 0) is 49.5 Å². The van der Waals surface area contributed by atoms with Gasteiger partial charge in [0, 0.05) is 24.7 Å². The van der Waals surface area contributed by atoms with Crippen LogP contribution in [-0.2, 0) is 0 Å². The molecular formula is C17H32N2. The highest BCUT2D eigenvalue weighted by Gasteiger charge is 2.65. The standard InChI is InChI=1S/C17H32N2/c1-16(2)15(17(16,3)4)11-19-13-7-6-8-14(19)10-12(9-13)18-5/h12-15,18H,6-11H2,1-5H3. The van der Waals surface area contributed by atoms with Crippen LogP contribution < -0.4 is 5.32 Å². The number of piperidine rings is 2. The number of rotatable bonds is 3. The normalized spacial score (nSPS) is 41.2. The smallest absolute Gasteiger partial charge is 0.0113 e. The van der Waals surface area contributed by atoms with Crippen molar-refractivity contribution >= 4 is 0 Å². The summed E-state index contributed by atoms with van der Waals surface area (Å²) in [6, 6.07) is 2.49. The van der Waals surface area contributed by atoms with Crippen LogP contribution in [0.5, 0.6) is 0 Å². The van der Waals surface area contributed by atoms with Crippen LogP contribution in [0.2, 0.25) is 0 Å². The first-order valence-corrected chi connectivity index (χ1v) is 8.31. The van der Waals surface area contributed by atoms with Crippen LogP contribution in [0, 0.1) is 16.7 Å². The summed E-state index contributed by atoms with van der Waals surface area (Å²) in [5.41, 5.74) is 1.09. The number of hydrogen-bond donors (Lipinski definition) is 1. The maximum atomic E-state index is 3.53. The molecule has 1 aliphatic carbocycles. The van der Waals surface area contributed by atoms with E-state index in [9.17, 15) is 0 Å². The molecule has 19 heavy (non-hydrogen) atoms. The highest BCUT2D eigenvalue weighted by molar-refractivity contribution is 5.14. The molecule has 2 heteroatoms. The van der Waals surface area contributed by atoms with Crippen molar-refractivity contribution in [2.24, 2.45) is 16.7 Å². The van der Waals surface area contributed by atoms with Crippen LogP contribution in [0.3, 0.4) is 0 Å². The first kappa shape index (κ1) is 13.9. The van der Waals surface area contributed by atoms with Crippen LogP contribution >= 0.6 is 0 Å². The summed E-state index contributed by atoms with van der Waals surface area (Å²) >= 11 is 0. The van der Waals surface area contributed by atoms with E-state index in [1.807, 2.05) is 0 Å². The van der Waals surface area contributed by atoms with Crippen LogP contribution in [0.25, 0.3) is 0 Å². The molecule has 0 spiro atoms. The van der Waals surface area contributed by atoms with Crippen molar-refractivity contribution in [1.82, 2.24) is 10.2 Å². The molecule has 0 amide bonds. The third-order valence-corrected chi connectivity index (χ3v) is 7.25. The second-order valence-corrected chi connectivity index (χ2v) is 8.39. The van der Waals surface area contributed by atoms with Gasteiger partial charge in [-0.15, -0.1) is 0 Å². The largest absolute Gasteiger partial charge is 0.317 e. The molecular weight excluding hydrogens is 232 g/mol. The third-order valence-electron chi connectivity index (χ3n) is 7.25. The summed E-state index contributed by atoms with van der Waals surface area (Å²) in [5, 5.41) is 3.53. The third kappa shape index (κ3) is 2.06. The van der Waals surface area contributed by atoms with Gasteiger partial charge in [0.05, 0.1) is 0 Å². The minimum absolute atomic E-state index is 0.543. The van der Waals surface area contributed by atoms with Crippen molar-refractivity contribution in [3.8, 4) is 0 Å². The predicted octanol–water partition coefficient (Wildman–Crippen LogP) is 3.27. The second kappa shape index (κ2) is 4.46. The molecule has 1 N–H and O–H groups in total. The SMILES string of the molecule is CNC1CC2CCCC(C1)N2CC1C(C)(C)C1(C)C. The summed E-state index contributed by atoms with van der Waals surface area (Å²) in [4.78, 5) is 2.90. The van der Waals surface area contributed by atoms with E-state index in [1.54, 1.807) is 0 Å². The summed E-state index contributed by atoms with van der Waals surface area (Å²) in [7, 11) is 2.14. The molecule has 2 heterocycles. The average molecular weight is 264 g/mol. The van der Waals surface area contributed by atoms with E-state index in [0.717, 1.165) is 24.0 Å². The quantitative estimate of drug-likeness (QED) is 0.841. The van der Waals surface area contributed by atoms with E-state index >= 15 is 0 Å². The molecule has 2 aliphatic heterocycles. The molecule has 0 aromatic heterocycles. The molecule has 0 radical (unpaired) electrons. The maximum Gasteiger partial charge on any atom is 0.0113 e. The molecule has 2 nitrogen and oxygen atoms in total. The van der Waals surface area contributed by atoms with Crippen LogP contribution in [0.4, 0.5) is 0 Å². The molecule has 2 saturated heterocycles. The summed E-state index contributed by atoms with van der Waals surface area (Å²) < 4.78 is 0. The first-order chi connectivity index (χ1) is 8.88. The molecule has 3 aliphatic rings. The Labute approximate surface area is 119 Å². The van der Waals surface area contributed by atoms with Gasteiger partial charge in [0.2, 0.25) is 0 Å². The van der Waals surface area contributed by atoms with Gasteiger partial charge >= 0.3 is 0 Å². The zero-order valence-electron chi connectivity index (χ0n) is 13.5. The van der Waals surface area contributed by atoms with Gasteiger partial charge in [-0.3, -0.25) is 4.90 Å². The molecule has 0 aromatic rings. The Bertz CT molecular complexity index is 319. The average Bonchev–Trinajstić information content (AvgIpc) is 2.71. The predicted molar refractivity (Wildman–Crippen MR) is 81.3 cm³/mol. The lowest BCUT2D eigenvalue weighted by Gasteiger charge is -2.49. The van der Waals surface area contributed by atoms with E-state index in [2.05, 4.69) is 45.0 Å². The van der Waals surface area contributed by atoms with Crippen molar-refractivity contribution in [1.29, 1.82) is 0 Å². The van der Waals surface area contributed by atoms with Gasteiger partial charge in [-0.25, -0.2) is 0 Å². The molecule has 3 rings (SSSR count). The molecule has 2 unspecified atom stereocenters. The molecule has 0 aromatic carbocycles. The van der Waals surface area contributed by atoms with Crippen LogP contribution in [0.1, 0.15) is 59.8 Å². The van der Waals surface area contributed by atoms with Gasteiger partial charge in [0.15, 0.2) is 0 Å². The minimum Gasteiger partial charge on any atom is -0.317 e. The Kier molecular flexibility index (Phi) is 3.26. The fraction of sp³-hybridized carbons (Fsp3) is 1.00. The summed E-state index contributed by atoms with van der Waals surface area (Å²) in [6.45, 7) is 11.2. The Hall–Kier alpha value is -0.0800. The van der Waals surface area contributed by atoms with Crippen molar-refractivity contribution in [2.45, 2.75) is 77.9 Å². The van der Waals surface area contributed by atoms with Crippen molar-refractivity contribution in [2.75, 3.05) is 13.6 Å². The zero-order chi connectivity index (χ0) is 13.8. The van der Waals surface area contributed by atoms with Crippen LogP contribution in [-0.4, -0.2) is 36.6 Å². The van der Waals surface area contributed by atoms with Crippen LogP contribution in [0.15, 0.2) is 0 Å². The highest BCUT2D eigenvalue weighted by Crippen LogP contribution is 2.68. The highest BCUT2D eigenvalue weighted by atomic mass is 15.2. The lowest BCUT2D eigenvalue weighted by molar-refractivity contribution is 0.0181. The van der Waals surface area contributed by atoms with Gasteiger partial charge in [-0.2, -0.15) is 0 Å². The van der Waals surface area contributed by atoms with Crippen molar-refractivity contribution in [3.63, 3.8) is 0 Å². The second-order valence-electron chi connectivity index (χ2n) is 8.39. The fourth-order valence-corrected chi connectivity index (χ4v) is 5.01. The van der Waals surface area contributed by atoms with E-state index in [1.165, 1.54) is 38.6 Å². The monoisotopic (exact) mass is 264 g/mol. The Morgan fingerprint density at radius 2 is 1.53 bits per heavy atom. The summed E-state index contributed by atoms with van der Waals surface area (Å²) in [6.07, 6.45) is 7.07. The van der Waals surface area contributed by atoms with Crippen molar-refractivity contribution < 1.29 is 0 Å². The lowest BCUT2D eigenvalue weighted by Crippen LogP contribution is -2.56. The topological polar surface area (TPSA) is 15.3 Å². The molecule has 2 atom stereocenters. The molecule has 3 fully saturated rings. The van der Waals surface area contributed by atoms with Gasteiger partial charge in [0.1, 0.15) is 0 Å². The van der Waals surface area contributed by atoms with E-state index < -0.39 is 0 Å². The lowest BCUT2D eigenvalue weighted by atomic mass is 9.81. The summed E-state index contributed by atoms with van der Waals surface area (Å²) in [5.74, 6) is 0.897. The number of hydrogen-bond acceptors (Lipinski definition) is 2. The number of fused-ring (bicyclic) bond motifs is 2. The zero-order valence-corrected chi connectivity index (χ0v) is 13.5. The first-order valence-electron chi connectivity index (χ1n) is 8.31. The van der Waals surface area contributed by atoms with E-state index in [-0.39, 0.29) is 0 Å². The number of nitrogens with zero attached hydrogens (tertiary/aromatic N) is 1. The van der Waals surface area contributed by atoms with Gasteiger partial charge in [-0.1, -0.05) is 34.1 Å². The van der Waals surface area contributed by atoms with E-state index in [0.29, 0.717) is 10.8 Å². The molecule has 2 bridgehead atoms. The Balaban J connectivity index is 1.69. The maximum absolute atomic E-state index is 3.53. The molecule has 1 saturated carbocycles. The van der Waals surface area contributed by atoms with Crippen molar-refractivity contribution in [3.05, 3.63) is 0 Å². The number of nitrogens with one attached hydrogen (secondary N) is 1. The van der Waals surface area contributed by atoms with Gasteiger partial charge in [0.25, 0.3) is 0 Å². The Morgan fingerprint density at radius 1 is 1.00 bits per heavy atom. The minimum atomic E-state index is 0.543. The fourth-order valence-electron chi connectivity index (χ4n) is 5.01. The Morgan fingerprint density at radius 3 is 1.95 bits per heavy atom. The van der Waals surface area contributed by atoms with E-state index in [4.69, 9.17) is 0 Å². The molecule has 110 valence electrons. The van der Waals surface area contributed by atoms with Gasteiger partial charge < -0.3 is 5.32 Å².